The summed E-state index contributed by atoms with van der Waals surface area (Å²) in [5.74, 6) is -1.88. The fraction of sp³-hybridized carbons (Fsp3) is 0.462. The van der Waals surface area contributed by atoms with Crippen LogP contribution in [0, 0.1) is 15.9 Å². The molecule has 0 saturated carbocycles. The molecule has 1 unspecified atom stereocenters. The summed E-state index contributed by atoms with van der Waals surface area (Å²) in [6, 6.07) is 1.70. The third kappa shape index (κ3) is 2.42. The van der Waals surface area contributed by atoms with Crippen LogP contribution in [0.3, 0.4) is 0 Å². The van der Waals surface area contributed by atoms with Crippen LogP contribution in [0.25, 0.3) is 0 Å². The predicted octanol–water partition coefficient (Wildman–Crippen LogP) is 1.62. The maximum atomic E-state index is 13.7. The van der Waals surface area contributed by atoms with E-state index in [9.17, 15) is 19.3 Å². The van der Waals surface area contributed by atoms with Crippen molar-refractivity contribution < 1.29 is 23.6 Å². The maximum Gasteiger partial charge on any atom is 0.330 e. The van der Waals surface area contributed by atoms with E-state index in [1.54, 1.807) is 13.8 Å². The van der Waals surface area contributed by atoms with Gasteiger partial charge in [-0.15, -0.1) is 0 Å². The highest BCUT2D eigenvalue weighted by molar-refractivity contribution is 5.85. The first-order valence-electron chi connectivity index (χ1n) is 6.15. The number of carbonyl (C=O) groups is 1. The minimum atomic E-state index is -1.71. The monoisotopic (exact) mass is 298 g/mol. The number of nitrogens with zero attached hydrogens (tertiary/aromatic N) is 1. The fourth-order valence-electron chi connectivity index (χ4n) is 2.60. The molecule has 7 nitrogen and oxygen atoms in total. The van der Waals surface area contributed by atoms with Crippen LogP contribution in [0.2, 0.25) is 0 Å². The minimum absolute atomic E-state index is 0.000279. The van der Waals surface area contributed by atoms with E-state index >= 15 is 0 Å². The van der Waals surface area contributed by atoms with Crippen molar-refractivity contribution in [1.29, 1.82) is 0 Å². The van der Waals surface area contributed by atoms with E-state index in [-0.39, 0.29) is 17.7 Å². The zero-order chi connectivity index (χ0) is 16.0. The average molecular weight is 298 g/mol. The number of ether oxygens (including phenoxy) is 2. The number of hydrogen-bond acceptors (Lipinski definition) is 6. The smallest absolute Gasteiger partial charge is 0.330 e. The van der Waals surface area contributed by atoms with Crippen LogP contribution in [-0.4, -0.2) is 23.6 Å². The molecule has 0 spiro atoms. The van der Waals surface area contributed by atoms with Crippen molar-refractivity contribution in [2.45, 2.75) is 31.4 Å². The summed E-state index contributed by atoms with van der Waals surface area (Å²) in [4.78, 5) is 22.3. The molecule has 1 aliphatic heterocycles. The lowest BCUT2D eigenvalue weighted by Crippen LogP contribution is -2.55. The Bertz CT molecular complexity index is 631. The minimum Gasteiger partial charge on any atom is -0.480 e. The van der Waals surface area contributed by atoms with Gasteiger partial charge in [-0.1, -0.05) is 0 Å². The maximum absolute atomic E-state index is 13.7. The van der Waals surface area contributed by atoms with Crippen LogP contribution in [0.5, 0.6) is 5.75 Å². The van der Waals surface area contributed by atoms with Crippen LogP contribution >= 0.6 is 0 Å². The van der Waals surface area contributed by atoms with Crippen molar-refractivity contribution in [1.82, 2.24) is 0 Å². The first-order chi connectivity index (χ1) is 9.60. The summed E-state index contributed by atoms with van der Waals surface area (Å²) < 4.78 is 23.9. The van der Waals surface area contributed by atoms with Crippen molar-refractivity contribution in [3.8, 4) is 5.75 Å². The van der Waals surface area contributed by atoms with Gasteiger partial charge in [0, 0.05) is 12.0 Å². The van der Waals surface area contributed by atoms with Gasteiger partial charge in [-0.3, -0.25) is 10.1 Å². The molecule has 114 valence electrons. The lowest BCUT2D eigenvalue weighted by molar-refractivity contribution is -0.386. The quantitative estimate of drug-likeness (QED) is 0.505. The largest absolute Gasteiger partial charge is 0.480 e. The topological polar surface area (TPSA) is 105 Å². The first kappa shape index (κ1) is 15.2. The zero-order valence-electron chi connectivity index (χ0n) is 11.8. The number of nitro groups is 1. The molecule has 0 saturated heterocycles. The number of carbonyl (C=O) groups excluding carboxylic acids is 1. The van der Waals surface area contributed by atoms with Crippen molar-refractivity contribution in [3.63, 3.8) is 0 Å². The number of halogens is 1. The lowest BCUT2D eigenvalue weighted by atomic mass is 9.78. The van der Waals surface area contributed by atoms with Crippen LogP contribution < -0.4 is 10.5 Å². The van der Waals surface area contributed by atoms with Gasteiger partial charge in [0.2, 0.25) is 5.75 Å². The molecule has 21 heavy (non-hydrogen) atoms. The Kier molecular flexibility index (Phi) is 3.37. The van der Waals surface area contributed by atoms with Gasteiger partial charge in [-0.25, -0.2) is 9.18 Å². The molecule has 0 radical (unpaired) electrons. The Hall–Kier alpha value is -2.22. The summed E-state index contributed by atoms with van der Waals surface area (Å²) in [6.45, 7) is 3.27. The van der Waals surface area contributed by atoms with Crippen molar-refractivity contribution in [2.75, 3.05) is 7.11 Å². The first-order valence-corrected chi connectivity index (χ1v) is 6.15. The predicted molar refractivity (Wildman–Crippen MR) is 70.3 cm³/mol. The van der Waals surface area contributed by atoms with Gasteiger partial charge < -0.3 is 15.2 Å². The van der Waals surface area contributed by atoms with E-state index in [1.807, 2.05) is 0 Å². The number of rotatable bonds is 2. The van der Waals surface area contributed by atoms with Crippen molar-refractivity contribution in [3.05, 3.63) is 33.6 Å². The molecule has 0 aromatic heterocycles. The van der Waals surface area contributed by atoms with Gasteiger partial charge in [-0.2, -0.15) is 0 Å². The summed E-state index contributed by atoms with van der Waals surface area (Å²) >= 11 is 0. The van der Waals surface area contributed by atoms with Crippen molar-refractivity contribution >= 4 is 11.7 Å². The highest BCUT2D eigenvalue weighted by atomic mass is 19.1. The lowest BCUT2D eigenvalue weighted by Gasteiger charge is -2.41. The summed E-state index contributed by atoms with van der Waals surface area (Å²) in [5.41, 5.74) is 2.78. The van der Waals surface area contributed by atoms with Gasteiger partial charge in [0.25, 0.3) is 0 Å². The number of nitro benzene ring substituents is 1. The van der Waals surface area contributed by atoms with Gasteiger partial charge >= 0.3 is 11.7 Å². The van der Waals surface area contributed by atoms with Crippen LogP contribution in [0.1, 0.15) is 25.8 Å². The Balaban J connectivity index is 2.78. The summed E-state index contributed by atoms with van der Waals surface area (Å²) in [5, 5.41) is 11.1. The number of hydrogen-bond donors (Lipinski definition) is 1. The Labute approximate surface area is 120 Å². The molecule has 0 aliphatic carbocycles. The Morgan fingerprint density at radius 1 is 1.52 bits per heavy atom. The number of fused-ring (bicyclic) bond motifs is 1. The van der Waals surface area contributed by atoms with E-state index < -0.39 is 33.5 Å². The molecule has 1 aliphatic rings. The fourth-order valence-corrected chi connectivity index (χ4v) is 2.60. The highest BCUT2D eigenvalue weighted by Crippen LogP contribution is 2.47. The second-order valence-electron chi connectivity index (χ2n) is 5.56. The number of benzene rings is 1. The van der Waals surface area contributed by atoms with E-state index in [0.717, 1.165) is 19.2 Å². The number of nitrogens with two attached hydrogens (primary N) is 1. The van der Waals surface area contributed by atoms with Gasteiger partial charge in [0.05, 0.1) is 18.1 Å². The molecule has 0 bridgehead atoms. The second kappa shape index (κ2) is 4.66. The number of methoxy groups -OCH3 is 1. The molecule has 2 rings (SSSR count). The molecule has 8 heteroatoms. The SMILES string of the molecule is COC(=O)C1(N)CC(C)(C)Oc2c([N+](=O)[O-])cc(F)cc21. The molecule has 1 heterocycles. The standard InChI is InChI=1S/C13H15FN2O5/c1-12(2)6-13(15,11(17)20-3)8-4-7(14)5-9(16(18)19)10(8)21-12/h4-5H,6,15H2,1-3H3. The Morgan fingerprint density at radius 2 is 2.14 bits per heavy atom. The van der Waals surface area contributed by atoms with Crippen LogP contribution in [-0.2, 0) is 15.1 Å². The van der Waals surface area contributed by atoms with E-state index in [0.29, 0.717) is 0 Å². The second-order valence-corrected chi connectivity index (χ2v) is 5.56. The van der Waals surface area contributed by atoms with Crippen LogP contribution in [0.4, 0.5) is 10.1 Å². The average Bonchev–Trinajstić information content (AvgIpc) is 2.36. The highest BCUT2D eigenvalue weighted by Gasteiger charge is 2.51. The zero-order valence-corrected chi connectivity index (χ0v) is 11.8. The third-order valence-electron chi connectivity index (χ3n) is 3.34. The molecule has 1 aromatic rings. The van der Waals surface area contributed by atoms with Gasteiger partial charge in [-0.05, 0) is 19.9 Å². The molecule has 2 N–H and O–H groups in total. The van der Waals surface area contributed by atoms with Gasteiger partial charge in [0.1, 0.15) is 17.0 Å². The van der Waals surface area contributed by atoms with E-state index in [2.05, 4.69) is 4.74 Å². The molecule has 0 fully saturated rings. The molecule has 0 amide bonds. The van der Waals surface area contributed by atoms with Crippen LogP contribution in [0.15, 0.2) is 12.1 Å². The summed E-state index contributed by atoms with van der Waals surface area (Å²) in [6.07, 6.45) is 0.000279. The molecule has 1 aromatic carbocycles. The molecular formula is C13H15FN2O5. The summed E-state index contributed by atoms with van der Waals surface area (Å²) in [7, 11) is 1.15. The molecule has 1 atom stereocenters. The normalized spacial score (nSPS) is 22.9. The van der Waals surface area contributed by atoms with Crippen molar-refractivity contribution in [2.24, 2.45) is 5.73 Å². The molecular weight excluding hydrogens is 283 g/mol. The Morgan fingerprint density at radius 3 is 2.67 bits per heavy atom. The van der Waals surface area contributed by atoms with E-state index in [4.69, 9.17) is 10.5 Å². The number of esters is 1. The third-order valence-corrected chi connectivity index (χ3v) is 3.34. The van der Waals surface area contributed by atoms with Gasteiger partial charge in [0.15, 0.2) is 0 Å². The van der Waals surface area contributed by atoms with E-state index in [1.165, 1.54) is 0 Å².